The van der Waals surface area contributed by atoms with Gasteiger partial charge in [-0.2, -0.15) is 5.10 Å². The minimum absolute atomic E-state index is 0.211. The maximum atomic E-state index is 11.6. The maximum absolute atomic E-state index is 11.6. The predicted octanol–water partition coefficient (Wildman–Crippen LogP) is 3.36. The van der Waals surface area contributed by atoms with Crippen molar-refractivity contribution in [3.05, 3.63) is 46.0 Å². The number of ether oxygens (including phenoxy) is 1. The number of pyridine rings is 1. The number of nitrogens with zero attached hydrogens (tertiary/aromatic N) is 5. The summed E-state index contributed by atoms with van der Waals surface area (Å²) >= 11 is 3.56. The van der Waals surface area contributed by atoms with Crippen LogP contribution < -0.4 is 15.0 Å². The third-order valence-electron chi connectivity index (χ3n) is 6.58. The molecule has 1 amide bonds. The van der Waals surface area contributed by atoms with Crippen molar-refractivity contribution in [2.24, 2.45) is 5.41 Å². The predicted molar refractivity (Wildman–Crippen MR) is 118 cm³/mol. The molecule has 5 rings (SSSR count). The fraction of sp³-hybridized carbons (Fsp3) is 0.429. The Balaban J connectivity index is 1.45. The van der Waals surface area contributed by atoms with Crippen molar-refractivity contribution >= 4 is 33.4 Å². The van der Waals surface area contributed by atoms with Crippen LogP contribution in [0.5, 0.6) is 5.88 Å². The van der Waals surface area contributed by atoms with E-state index in [9.17, 15) is 9.90 Å². The van der Waals surface area contributed by atoms with Gasteiger partial charge >= 0.3 is 6.09 Å². The van der Waals surface area contributed by atoms with Crippen LogP contribution in [0, 0.1) is 12.3 Å². The van der Waals surface area contributed by atoms with E-state index in [2.05, 4.69) is 36.2 Å². The molecule has 9 nitrogen and oxygen atoms in total. The van der Waals surface area contributed by atoms with E-state index < -0.39 is 6.09 Å². The summed E-state index contributed by atoms with van der Waals surface area (Å²) in [5.74, 6) is 1.41. The van der Waals surface area contributed by atoms with Gasteiger partial charge in [-0.1, -0.05) is 6.07 Å². The lowest BCUT2D eigenvalue weighted by molar-refractivity contribution is 0.140. The lowest BCUT2D eigenvalue weighted by Crippen LogP contribution is -2.47. The summed E-state index contributed by atoms with van der Waals surface area (Å²) in [7, 11) is 1.57. The first-order valence-corrected chi connectivity index (χ1v) is 11.0. The highest BCUT2D eigenvalue weighted by Gasteiger charge is 2.49. The van der Waals surface area contributed by atoms with Crippen LogP contribution in [-0.4, -0.2) is 51.0 Å². The Labute approximate surface area is 187 Å². The van der Waals surface area contributed by atoms with E-state index in [4.69, 9.17) is 9.72 Å². The largest absolute Gasteiger partial charge is 0.481 e. The number of nitrogens with one attached hydrogen (secondary N) is 1. The molecule has 3 aromatic rings. The molecule has 0 bridgehead atoms. The van der Waals surface area contributed by atoms with Gasteiger partial charge in [0.25, 0.3) is 0 Å². The van der Waals surface area contributed by atoms with E-state index >= 15 is 0 Å². The zero-order valence-electron chi connectivity index (χ0n) is 17.3. The van der Waals surface area contributed by atoms with E-state index in [1.165, 1.54) is 0 Å². The lowest BCUT2D eigenvalue weighted by atomic mass is 9.73. The molecule has 2 aliphatic rings. The molecule has 1 saturated heterocycles. The molecule has 2 N–H and O–H groups in total. The molecule has 0 aromatic carbocycles. The lowest BCUT2D eigenvalue weighted by Gasteiger charge is -2.43. The van der Waals surface area contributed by atoms with Gasteiger partial charge in [0, 0.05) is 24.6 Å². The fourth-order valence-electron chi connectivity index (χ4n) is 5.02. The third kappa shape index (κ3) is 3.20. The molecule has 31 heavy (non-hydrogen) atoms. The van der Waals surface area contributed by atoms with Gasteiger partial charge in [-0.05, 0) is 53.7 Å². The van der Waals surface area contributed by atoms with Crippen molar-refractivity contribution in [1.29, 1.82) is 0 Å². The Morgan fingerprint density at radius 2 is 2.06 bits per heavy atom. The number of amides is 1. The first-order chi connectivity index (χ1) is 14.9. The SMILES string of the molecule is COc1ccc2c(n1)C(NC(=O)O)C1(CCN(c3nc(C)c(Br)n4nccc34)CC1)C2. The molecule has 1 unspecified atom stereocenters. The van der Waals surface area contributed by atoms with Gasteiger partial charge in [0.1, 0.15) is 10.1 Å². The summed E-state index contributed by atoms with van der Waals surface area (Å²) in [4.78, 5) is 23.3. The average molecular weight is 487 g/mol. The number of rotatable bonds is 3. The zero-order valence-corrected chi connectivity index (χ0v) is 18.9. The molecule has 0 saturated carbocycles. The molecule has 1 aliphatic heterocycles. The molecule has 1 spiro atoms. The number of carboxylic acid groups (broad SMARTS) is 1. The molecule has 162 valence electrons. The number of hydrogen-bond donors (Lipinski definition) is 2. The van der Waals surface area contributed by atoms with Gasteiger partial charge in [0.15, 0.2) is 5.82 Å². The molecular formula is C21H23BrN6O3. The molecule has 0 radical (unpaired) electrons. The van der Waals surface area contributed by atoms with Gasteiger partial charge in [-0.15, -0.1) is 0 Å². The van der Waals surface area contributed by atoms with Crippen LogP contribution in [0.2, 0.25) is 0 Å². The molecular weight excluding hydrogens is 464 g/mol. The monoisotopic (exact) mass is 486 g/mol. The normalized spacial score (nSPS) is 19.6. The van der Waals surface area contributed by atoms with Gasteiger partial charge in [-0.3, -0.25) is 0 Å². The highest BCUT2D eigenvalue weighted by Crippen LogP contribution is 2.52. The summed E-state index contributed by atoms with van der Waals surface area (Å²) in [5, 5.41) is 16.7. The Bertz CT molecular complexity index is 1170. The Morgan fingerprint density at radius 1 is 1.29 bits per heavy atom. The van der Waals surface area contributed by atoms with Crippen LogP contribution in [-0.2, 0) is 6.42 Å². The summed E-state index contributed by atoms with van der Waals surface area (Å²) < 4.78 is 7.99. The van der Waals surface area contributed by atoms with Gasteiger partial charge in [-0.25, -0.2) is 19.3 Å². The number of methoxy groups -OCH3 is 1. The smallest absolute Gasteiger partial charge is 0.405 e. The number of piperidine rings is 1. The topological polar surface area (TPSA) is 105 Å². The maximum Gasteiger partial charge on any atom is 0.405 e. The molecule has 10 heteroatoms. The van der Waals surface area contributed by atoms with Gasteiger partial charge in [0.2, 0.25) is 5.88 Å². The number of aryl methyl sites for hydroxylation is 1. The summed E-state index contributed by atoms with van der Waals surface area (Å²) in [6.45, 7) is 3.51. The van der Waals surface area contributed by atoms with Crippen LogP contribution in [0.15, 0.2) is 29.0 Å². The summed E-state index contributed by atoms with van der Waals surface area (Å²) in [5.41, 5.74) is 3.49. The van der Waals surface area contributed by atoms with Crippen molar-refractivity contribution in [2.75, 3.05) is 25.1 Å². The van der Waals surface area contributed by atoms with Gasteiger partial charge < -0.3 is 20.1 Å². The zero-order chi connectivity index (χ0) is 21.8. The molecule has 1 atom stereocenters. The van der Waals surface area contributed by atoms with Crippen molar-refractivity contribution in [1.82, 2.24) is 24.9 Å². The minimum Gasteiger partial charge on any atom is -0.481 e. The second kappa shape index (κ2) is 7.37. The Kier molecular flexibility index (Phi) is 4.76. The molecule has 1 fully saturated rings. The Hall–Kier alpha value is -2.88. The minimum atomic E-state index is -1.03. The number of fused-ring (bicyclic) bond motifs is 2. The molecule has 4 heterocycles. The highest BCUT2D eigenvalue weighted by molar-refractivity contribution is 9.10. The van der Waals surface area contributed by atoms with Crippen LogP contribution in [0.1, 0.15) is 35.8 Å². The highest BCUT2D eigenvalue weighted by atomic mass is 79.9. The number of hydrogen-bond acceptors (Lipinski definition) is 6. The molecule has 3 aromatic heterocycles. The quantitative estimate of drug-likeness (QED) is 0.584. The van der Waals surface area contributed by atoms with Crippen LogP contribution in [0.25, 0.3) is 5.52 Å². The fourth-order valence-corrected chi connectivity index (χ4v) is 5.39. The second-order valence-corrected chi connectivity index (χ2v) is 9.00. The number of carbonyl (C=O) groups is 1. The van der Waals surface area contributed by atoms with Crippen LogP contribution >= 0.6 is 15.9 Å². The van der Waals surface area contributed by atoms with E-state index in [1.807, 2.05) is 29.6 Å². The summed E-state index contributed by atoms with van der Waals surface area (Å²) in [6, 6.07) is 5.46. The number of aromatic nitrogens is 4. The summed E-state index contributed by atoms with van der Waals surface area (Å²) in [6.07, 6.45) is 3.19. The van der Waals surface area contributed by atoms with Crippen molar-refractivity contribution < 1.29 is 14.6 Å². The Morgan fingerprint density at radius 3 is 2.77 bits per heavy atom. The van der Waals surface area contributed by atoms with E-state index in [0.29, 0.717) is 5.88 Å². The third-order valence-corrected chi connectivity index (χ3v) is 7.49. The molecule has 1 aliphatic carbocycles. The van der Waals surface area contributed by atoms with Crippen molar-refractivity contribution in [2.45, 2.75) is 32.2 Å². The number of anilines is 1. The first-order valence-electron chi connectivity index (χ1n) is 10.2. The number of halogens is 1. The van der Waals surface area contributed by atoms with E-state index in [0.717, 1.165) is 65.2 Å². The van der Waals surface area contributed by atoms with Gasteiger partial charge in [0.05, 0.1) is 30.7 Å². The standard InChI is InChI=1S/C21H23BrN6O3/c1-12-18(22)28-14(5-8-23-28)19(24-12)27-9-6-21(7-10-27)11-13-3-4-15(31-2)25-16(13)17(21)26-20(29)30/h3-5,8,17,26H,6-7,9-11H2,1-2H3,(H,29,30). The first kappa shape index (κ1) is 20.0. The van der Waals surface area contributed by atoms with Crippen LogP contribution in [0.4, 0.5) is 10.6 Å². The van der Waals surface area contributed by atoms with E-state index in [-0.39, 0.29) is 11.5 Å². The second-order valence-electron chi connectivity index (χ2n) is 8.25. The average Bonchev–Trinajstić information content (AvgIpc) is 3.35. The van der Waals surface area contributed by atoms with E-state index in [1.54, 1.807) is 13.3 Å². The van der Waals surface area contributed by atoms with Crippen LogP contribution in [0.3, 0.4) is 0 Å². The van der Waals surface area contributed by atoms with Crippen molar-refractivity contribution in [3.63, 3.8) is 0 Å². The van der Waals surface area contributed by atoms with Crippen molar-refractivity contribution in [3.8, 4) is 5.88 Å².